The van der Waals surface area contributed by atoms with Crippen LogP contribution in [-0.4, -0.2) is 56.9 Å². The summed E-state index contributed by atoms with van der Waals surface area (Å²) in [6.07, 6.45) is 2.90. The van der Waals surface area contributed by atoms with E-state index in [1.807, 2.05) is 31.2 Å². The molecule has 39 heavy (non-hydrogen) atoms. The van der Waals surface area contributed by atoms with Crippen LogP contribution in [0.1, 0.15) is 66.4 Å². The number of aromatic carboxylic acids is 1. The van der Waals surface area contributed by atoms with Crippen molar-refractivity contribution in [2.24, 2.45) is 0 Å². The van der Waals surface area contributed by atoms with E-state index in [9.17, 15) is 31.5 Å². The van der Waals surface area contributed by atoms with Crippen LogP contribution in [0.5, 0.6) is 5.75 Å². The molecule has 0 fully saturated rings. The van der Waals surface area contributed by atoms with Gasteiger partial charge in [0.2, 0.25) is 15.6 Å². The maximum atomic E-state index is 12.8. The fourth-order valence-corrected chi connectivity index (χ4v) is 8.16. The van der Waals surface area contributed by atoms with E-state index in [-0.39, 0.29) is 5.76 Å². The van der Waals surface area contributed by atoms with Crippen LogP contribution in [0.4, 0.5) is 0 Å². The van der Waals surface area contributed by atoms with Crippen molar-refractivity contribution in [3.8, 4) is 5.75 Å². The molecule has 0 aliphatic carbocycles. The number of sulfone groups is 2. The zero-order valence-electron chi connectivity index (χ0n) is 23.1. The molecule has 0 spiro atoms. The summed E-state index contributed by atoms with van der Waals surface area (Å²) in [6, 6.07) is 10.9. The Bertz CT molecular complexity index is 1630. The predicted molar refractivity (Wildman–Crippen MR) is 149 cm³/mol. The Morgan fingerprint density at radius 1 is 0.897 bits per heavy atom. The van der Waals surface area contributed by atoms with Gasteiger partial charge in [0.15, 0.2) is 19.7 Å². The molecule has 0 aliphatic rings. The third-order valence-electron chi connectivity index (χ3n) is 7.78. The van der Waals surface area contributed by atoms with E-state index in [2.05, 4.69) is 13.8 Å². The van der Waals surface area contributed by atoms with E-state index in [0.717, 1.165) is 36.5 Å². The number of benzene rings is 2. The highest BCUT2D eigenvalue weighted by Crippen LogP contribution is 2.42. The molecule has 9 nitrogen and oxygen atoms in total. The van der Waals surface area contributed by atoms with Crippen LogP contribution in [0.25, 0.3) is 11.0 Å². The molecule has 0 atom stereocenters. The minimum absolute atomic E-state index is 0.126. The lowest BCUT2D eigenvalue weighted by atomic mass is 9.70. The number of fused-ring (bicyclic) bond motifs is 1. The number of furan rings is 1. The maximum absolute atomic E-state index is 12.8. The van der Waals surface area contributed by atoms with E-state index >= 15 is 0 Å². The first-order valence-corrected chi connectivity index (χ1v) is 16.2. The molecule has 0 unspecified atom stereocenters. The minimum atomic E-state index is -4.28. The number of hydrogen-bond donors (Lipinski definition) is 1. The highest BCUT2D eigenvalue weighted by Gasteiger charge is 2.52. The molecule has 0 bridgehead atoms. The van der Waals surface area contributed by atoms with Gasteiger partial charge in [-0.05, 0) is 74.1 Å². The molecule has 1 heterocycles. The van der Waals surface area contributed by atoms with Gasteiger partial charge in [-0.1, -0.05) is 32.0 Å². The van der Waals surface area contributed by atoms with Gasteiger partial charge in [0, 0.05) is 23.3 Å². The zero-order chi connectivity index (χ0) is 29.6. The Hall–Kier alpha value is -3.18. The molecule has 212 valence electrons. The summed E-state index contributed by atoms with van der Waals surface area (Å²) in [6.45, 7) is 7.94. The van der Waals surface area contributed by atoms with Crippen LogP contribution in [0, 0.1) is 13.8 Å². The second-order valence-electron chi connectivity index (χ2n) is 10.1. The average Bonchev–Trinajstić information content (AvgIpc) is 3.28. The largest absolute Gasteiger partial charge is 0.485 e. The molecule has 0 saturated heterocycles. The van der Waals surface area contributed by atoms with E-state index in [4.69, 9.17) is 9.15 Å². The van der Waals surface area contributed by atoms with Crippen molar-refractivity contribution in [1.82, 2.24) is 0 Å². The molecule has 3 aromatic rings. The molecule has 0 radical (unpaired) electrons. The molecule has 2 aromatic carbocycles. The van der Waals surface area contributed by atoms with E-state index < -0.39 is 47.5 Å². The van der Waals surface area contributed by atoms with Crippen molar-refractivity contribution >= 4 is 42.4 Å². The molecule has 11 heteroatoms. The van der Waals surface area contributed by atoms with Gasteiger partial charge in [0.25, 0.3) is 0 Å². The fraction of sp³-hybridized carbons (Fsp3) is 0.429. The number of carbonyl (C=O) groups excluding carboxylic acids is 1. The normalized spacial score (nSPS) is 13.0. The Balaban J connectivity index is 2.00. The first kappa shape index (κ1) is 30.4. The minimum Gasteiger partial charge on any atom is -0.485 e. The van der Waals surface area contributed by atoms with Crippen molar-refractivity contribution in [3.63, 3.8) is 0 Å². The lowest BCUT2D eigenvalue weighted by Gasteiger charge is -2.34. The number of ether oxygens (including phenoxy) is 1. The number of Topliss-reactive ketones (excluding diaryl/α,β-unsaturated/α-hetero) is 1. The number of ketones is 1. The van der Waals surface area contributed by atoms with Gasteiger partial charge in [-0.2, -0.15) is 0 Å². The van der Waals surface area contributed by atoms with Crippen molar-refractivity contribution in [3.05, 3.63) is 64.4 Å². The topological polar surface area (TPSA) is 145 Å². The van der Waals surface area contributed by atoms with Crippen LogP contribution in [0.15, 0.2) is 40.8 Å². The van der Waals surface area contributed by atoms with Crippen LogP contribution in [0.3, 0.4) is 0 Å². The molecular weight excluding hydrogens is 544 g/mol. The Morgan fingerprint density at radius 2 is 1.46 bits per heavy atom. The van der Waals surface area contributed by atoms with Gasteiger partial charge < -0.3 is 14.3 Å². The predicted octanol–water partition coefficient (Wildman–Crippen LogP) is 4.61. The summed E-state index contributed by atoms with van der Waals surface area (Å²) in [5.41, 5.74) is 3.57. The van der Waals surface area contributed by atoms with E-state index in [1.165, 1.54) is 6.07 Å². The summed E-state index contributed by atoms with van der Waals surface area (Å²) in [7, 11) is -8.56. The Kier molecular flexibility index (Phi) is 8.11. The van der Waals surface area contributed by atoms with E-state index in [1.54, 1.807) is 13.0 Å². The van der Waals surface area contributed by atoms with Crippen LogP contribution in [-0.2, 0) is 29.9 Å². The lowest BCUT2D eigenvalue weighted by molar-refractivity contribution is -0.121. The Morgan fingerprint density at radius 3 is 1.95 bits per heavy atom. The number of carboxylic acids is 1. The zero-order valence-corrected chi connectivity index (χ0v) is 24.7. The third kappa shape index (κ3) is 5.21. The van der Waals surface area contributed by atoms with Gasteiger partial charge in [-0.15, -0.1) is 0 Å². The number of rotatable bonds is 11. The van der Waals surface area contributed by atoms with Gasteiger partial charge >= 0.3 is 5.97 Å². The van der Waals surface area contributed by atoms with Crippen LogP contribution < -0.4 is 4.74 Å². The van der Waals surface area contributed by atoms with Crippen molar-refractivity contribution in [2.45, 2.75) is 57.0 Å². The molecule has 0 amide bonds. The smallest absolute Gasteiger partial charge is 0.371 e. The van der Waals surface area contributed by atoms with Crippen molar-refractivity contribution < 1.29 is 40.7 Å². The van der Waals surface area contributed by atoms with E-state index in [0.29, 0.717) is 34.8 Å². The quantitative estimate of drug-likeness (QED) is 0.345. The molecular formula is C28H34O9S2. The monoisotopic (exact) mass is 578 g/mol. The highest BCUT2D eigenvalue weighted by atomic mass is 32.3. The number of hydrogen-bond acceptors (Lipinski definition) is 8. The van der Waals surface area contributed by atoms with Gasteiger partial charge in [0.05, 0.1) is 0 Å². The maximum Gasteiger partial charge on any atom is 0.371 e. The molecule has 3 rings (SSSR count). The first-order valence-electron chi connectivity index (χ1n) is 12.4. The number of carbonyl (C=O) groups is 2. The lowest BCUT2D eigenvalue weighted by Crippen LogP contribution is -2.51. The third-order valence-corrected chi connectivity index (χ3v) is 12.9. The number of carboxylic acid groups (broad SMARTS) is 1. The highest BCUT2D eigenvalue weighted by molar-refractivity contribution is 8.10. The molecule has 1 aromatic heterocycles. The summed E-state index contributed by atoms with van der Waals surface area (Å²) >= 11 is 0. The standard InChI is InChI=1S/C28H34O9S2/c1-8-28(9-2,21-13-18(4)25-19(14-21)15-23(37-25)26(30)31)20-10-11-22(17(3)12-20)36-16-24(29)27(5,38(6,32)33)39(7,34)35/h10-15H,8-9,16H2,1-7H3,(H,30,31). The molecule has 1 N–H and O–H groups in total. The second kappa shape index (κ2) is 10.4. The second-order valence-corrected chi connectivity index (χ2v) is 15.1. The first-order chi connectivity index (χ1) is 17.9. The SMILES string of the molecule is CCC(CC)(c1ccc(OCC(=O)C(C)(S(C)(=O)=O)S(C)(=O)=O)c(C)c1)c1cc(C)c2oc(C(=O)O)cc2c1. The van der Waals surface area contributed by atoms with Gasteiger partial charge in [0.1, 0.15) is 17.9 Å². The average molecular weight is 579 g/mol. The summed E-state index contributed by atoms with van der Waals surface area (Å²) in [5.74, 6) is -2.01. The van der Waals surface area contributed by atoms with Crippen molar-refractivity contribution in [2.75, 3.05) is 19.1 Å². The number of aryl methyl sites for hydroxylation is 2. The summed E-state index contributed by atoms with van der Waals surface area (Å²) < 4.78 is 57.4. The summed E-state index contributed by atoms with van der Waals surface area (Å²) in [4.78, 5) is 24.2. The van der Waals surface area contributed by atoms with Crippen LogP contribution >= 0.6 is 0 Å². The van der Waals surface area contributed by atoms with Crippen molar-refractivity contribution in [1.29, 1.82) is 0 Å². The molecule has 0 saturated carbocycles. The Labute approximate surface area is 229 Å². The molecule has 0 aliphatic heterocycles. The fourth-order valence-electron chi connectivity index (χ4n) is 5.02. The van der Waals surface area contributed by atoms with Gasteiger partial charge in [-0.25, -0.2) is 21.6 Å². The summed E-state index contributed by atoms with van der Waals surface area (Å²) in [5, 5.41) is 10.0. The van der Waals surface area contributed by atoms with Gasteiger partial charge in [-0.3, -0.25) is 4.79 Å². The van der Waals surface area contributed by atoms with Crippen LogP contribution in [0.2, 0.25) is 0 Å².